The van der Waals surface area contributed by atoms with Crippen molar-refractivity contribution in [3.63, 3.8) is 0 Å². The molecular formula is C24H35F2N5OS. The van der Waals surface area contributed by atoms with Gasteiger partial charge in [-0.2, -0.15) is 8.78 Å². The van der Waals surface area contributed by atoms with Crippen LogP contribution < -0.4 is 10.2 Å². The summed E-state index contributed by atoms with van der Waals surface area (Å²) in [5, 5.41) is 6.46. The fraction of sp³-hybridized carbons (Fsp3) is 0.625. The number of aryl methyl sites for hydroxylation is 1. The van der Waals surface area contributed by atoms with E-state index in [0.717, 1.165) is 30.2 Å². The lowest BCUT2D eigenvalue weighted by Gasteiger charge is -2.32. The summed E-state index contributed by atoms with van der Waals surface area (Å²) >= 11 is 1.67. The zero-order valence-electron chi connectivity index (χ0n) is 20.2. The molecule has 0 aromatic carbocycles. The minimum Gasteiger partial charge on any atom is -0.312 e. The van der Waals surface area contributed by atoms with Crippen LogP contribution in [0.2, 0.25) is 0 Å². The maximum Gasteiger partial charge on any atom is 0.289 e. The number of fused-ring (bicyclic) bond motifs is 1. The maximum absolute atomic E-state index is 14.4. The molecule has 0 aliphatic carbocycles. The number of carbonyl (C=O) groups is 1. The first-order chi connectivity index (χ1) is 15.5. The monoisotopic (exact) mass is 479 g/mol. The molecule has 2 aromatic heterocycles. The smallest absolute Gasteiger partial charge is 0.289 e. The van der Waals surface area contributed by atoms with Gasteiger partial charge in [0.2, 0.25) is 5.91 Å². The number of piperazine rings is 1. The molecule has 1 unspecified atom stereocenters. The summed E-state index contributed by atoms with van der Waals surface area (Å²) in [7, 11) is 0. The summed E-state index contributed by atoms with van der Waals surface area (Å²) in [6, 6.07) is 1.77. The molecule has 1 saturated heterocycles. The Balaban J connectivity index is 0.000000442. The van der Waals surface area contributed by atoms with E-state index in [1.165, 1.54) is 12.3 Å². The van der Waals surface area contributed by atoms with Gasteiger partial charge < -0.3 is 10.2 Å². The van der Waals surface area contributed by atoms with E-state index in [-0.39, 0.29) is 23.4 Å². The number of nitrogens with one attached hydrogen (secondary N) is 1. The quantitative estimate of drug-likeness (QED) is 0.691. The summed E-state index contributed by atoms with van der Waals surface area (Å²) in [6.07, 6.45) is 3.48. The minimum atomic E-state index is -2.97. The van der Waals surface area contributed by atoms with Crippen LogP contribution in [0.1, 0.15) is 56.8 Å². The van der Waals surface area contributed by atoms with Gasteiger partial charge in [-0.15, -0.1) is 11.3 Å². The highest BCUT2D eigenvalue weighted by atomic mass is 32.1. The van der Waals surface area contributed by atoms with Crippen molar-refractivity contribution in [2.24, 2.45) is 0 Å². The summed E-state index contributed by atoms with van der Waals surface area (Å²) in [6.45, 7) is 13.2. The maximum atomic E-state index is 14.4. The lowest BCUT2D eigenvalue weighted by molar-refractivity contribution is -0.120. The van der Waals surface area contributed by atoms with E-state index in [1.54, 1.807) is 29.4 Å². The van der Waals surface area contributed by atoms with E-state index in [4.69, 9.17) is 0 Å². The zero-order chi connectivity index (χ0) is 24.2. The third-order valence-corrected chi connectivity index (χ3v) is 6.77. The second kappa shape index (κ2) is 10.5. The molecule has 0 radical (unpaired) electrons. The summed E-state index contributed by atoms with van der Waals surface area (Å²) in [4.78, 5) is 24.8. The molecule has 4 rings (SSSR count). The number of rotatable bonds is 5. The Bertz CT molecular complexity index is 935. The Labute approximate surface area is 199 Å². The van der Waals surface area contributed by atoms with Crippen molar-refractivity contribution >= 4 is 22.9 Å². The number of aromatic nitrogens is 2. The van der Waals surface area contributed by atoms with Crippen LogP contribution in [-0.2, 0) is 16.1 Å². The van der Waals surface area contributed by atoms with E-state index in [1.807, 2.05) is 26.2 Å². The highest BCUT2D eigenvalue weighted by Crippen LogP contribution is 2.43. The highest BCUT2D eigenvalue weighted by molar-refractivity contribution is 7.09. The second-order valence-electron chi connectivity index (χ2n) is 9.55. The Kier molecular flexibility index (Phi) is 8.18. The third kappa shape index (κ3) is 6.33. The van der Waals surface area contributed by atoms with Gasteiger partial charge in [0.25, 0.3) is 5.92 Å². The molecule has 182 valence electrons. The molecule has 9 heteroatoms. The van der Waals surface area contributed by atoms with Gasteiger partial charge in [0.15, 0.2) is 0 Å². The molecular weight excluding hydrogens is 444 g/mol. The van der Waals surface area contributed by atoms with Crippen molar-refractivity contribution in [2.45, 2.75) is 64.8 Å². The number of pyridine rings is 1. The van der Waals surface area contributed by atoms with Crippen molar-refractivity contribution in [1.29, 1.82) is 0 Å². The standard InChI is InChI=1S/C20H30F2N4O.C4H5NS/c1-5-6-20(21,22)17-9-16-15(10-24-17)19(3,4)13-26(16)18(27)12-25-8-7-23-14(2)11-25;1-4-5-2-3-6-4/h9-10,14,23H,5-8,11-13H2,1-4H3;2-3H,1H3. The highest BCUT2D eigenvalue weighted by Gasteiger charge is 2.41. The fourth-order valence-electron chi connectivity index (χ4n) is 4.35. The lowest BCUT2D eigenvalue weighted by Crippen LogP contribution is -2.52. The van der Waals surface area contributed by atoms with Crippen LogP contribution in [0.4, 0.5) is 14.5 Å². The minimum absolute atomic E-state index is 0.0353. The van der Waals surface area contributed by atoms with Gasteiger partial charge in [-0.25, -0.2) is 0 Å². The number of amides is 1. The topological polar surface area (TPSA) is 61.4 Å². The fourth-order valence-corrected chi connectivity index (χ4v) is 4.79. The molecule has 2 aliphatic heterocycles. The molecule has 1 amide bonds. The lowest BCUT2D eigenvalue weighted by atomic mass is 9.88. The number of thiazole rings is 1. The number of nitrogens with zero attached hydrogens (tertiary/aromatic N) is 4. The van der Waals surface area contributed by atoms with E-state index in [2.05, 4.69) is 27.1 Å². The van der Waals surface area contributed by atoms with Crippen molar-refractivity contribution in [3.8, 4) is 0 Å². The van der Waals surface area contributed by atoms with E-state index >= 15 is 0 Å². The van der Waals surface area contributed by atoms with Gasteiger partial charge in [-0.3, -0.25) is 19.7 Å². The largest absolute Gasteiger partial charge is 0.312 e. The Morgan fingerprint density at radius 3 is 2.70 bits per heavy atom. The van der Waals surface area contributed by atoms with Gasteiger partial charge >= 0.3 is 0 Å². The number of alkyl halides is 2. The van der Waals surface area contributed by atoms with Crippen molar-refractivity contribution in [2.75, 3.05) is 37.6 Å². The van der Waals surface area contributed by atoms with Gasteiger partial charge in [0.05, 0.1) is 17.2 Å². The molecule has 2 aliphatic rings. The molecule has 1 N–H and O–H groups in total. The van der Waals surface area contributed by atoms with Crippen LogP contribution in [-0.4, -0.2) is 59.5 Å². The Morgan fingerprint density at radius 2 is 2.12 bits per heavy atom. The van der Waals surface area contributed by atoms with E-state index < -0.39 is 5.92 Å². The van der Waals surface area contributed by atoms with Gasteiger partial charge in [0, 0.05) is 67.4 Å². The van der Waals surface area contributed by atoms with E-state index in [0.29, 0.717) is 31.2 Å². The Morgan fingerprint density at radius 1 is 1.36 bits per heavy atom. The molecule has 6 nitrogen and oxygen atoms in total. The first-order valence-corrected chi connectivity index (χ1v) is 12.4. The molecule has 1 atom stereocenters. The van der Waals surface area contributed by atoms with Crippen LogP contribution >= 0.6 is 11.3 Å². The SMILES string of the molecule is CCCC(F)(F)c1cc2c(cn1)C(C)(C)CN2C(=O)CN1CCNC(C)C1.Cc1nccs1. The molecule has 33 heavy (non-hydrogen) atoms. The molecule has 0 bridgehead atoms. The number of anilines is 1. The number of hydrogen-bond acceptors (Lipinski definition) is 6. The van der Waals surface area contributed by atoms with Crippen molar-refractivity contribution < 1.29 is 13.6 Å². The number of carbonyl (C=O) groups excluding carboxylic acids is 1. The van der Waals surface area contributed by atoms with Gasteiger partial charge in [0.1, 0.15) is 5.69 Å². The van der Waals surface area contributed by atoms with Gasteiger partial charge in [-0.1, -0.05) is 27.2 Å². The predicted octanol–water partition coefficient (Wildman–Crippen LogP) is 4.34. The van der Waals surface area contributed by atoms with Crippen LogP contribution in [0, 0.1) is 6.92 Å². The first kappa shape index (κ1) is 25.6. The number of hydrogen-bond donors (Lipinski definition) is 1. The molecule has 0 saturated carbocycles. The van der Waals surface area contributed by atoms with Crippen molar-refractivity contribution in [3.05, 3.63) is 40.1 Å². The summed E-state index contributed by atoms with van der Waals surface area (Å²) < 4.78 is 28.8. The molecule has 4 heterocycles. The van der Waals surface area contributed by atoms with Crippen LogP contribution in [0.15, 0.2) is 23.8 Å². The number of halogens is 2. The zero-order valence-corrected chi connectivity index (χ0v) is 21.0. The van der Waals surface area contributed by atoms with Crippen molar-refractivity contribution in [1.82, 2.24) is 20.2 Å². The van der Waals surface area contributed by atoms with Gasteiger partial charge in [-0.05, 0) is 19.9 Å². The van der Waals surface area contributed by atoms with E-state index in [9.17, 15) is 13.6 Å². The normalized spacial score (nSPS) is 20.2. The molecule has 0 spiro atoms. The Hall–Kier alpha value is -1.97. The second-order valence-corrected chi connectivity index (χ2v) is 10.6. The average molecular weight is 480 g/mol. The van der Waals surface area contributed by atoms with Crippen LogP contribution in [0.5, 0.6) is 0 Å². The predicted molar refractivity (Wildman–Crippen MR) is 129 cm³/mol. The van der Waals surface area contributed by atoms with Crippen LogP contribution in [0.25, 0.3) is 0 Å². The molecule has 1 fully saturated rings. The third-order valence-electron chi connectivity index (χ3n) is 6.06. The molecule has 2 aromatic rings. The first-order valence-electron chi connectivity index (χ1n) is 11.5. The average Bonchev–Trinajstić information content (AvgIpc) is 3.32. The summed E-state index contributed by atoms with van der Waals surface area (Å²) in [5.41, 5.74) is 0.914. The van der Waals surface area contributed by atoms with Crippen LogP contribution in [0.3, 0.4) is 0 Å². The summed E-state index contributed by atoms with van der Waals surface area (Å²) in [5.74, 6) is -3.01.